The zero-order valence-corrected chi connectivity index (χ0v) is 48.0. The van der Waals surface area contributed by atoms with Gasteiger partial charge in [0.25, 0.3) is 0 Å². The Bertz CT molecular complexity index is 1880. The summed E-state index contributed by atoms with van der Waals surface area (Å²) in [5.74, 6) is -0.218. The summed E-state index contributed by atoms with van der Waals surface area (Å²) in [6, 6.07) is 0. The van der Waals surface area contributed by atoms with Crippen molar-refractivity contribution in [3.05, 3.63) is 24.3 Å². The largest absolute Gasteiger partial charge is 0.459 e. The van der Waals surface area contributed by atoms with E-state index in [4.69, 9.17) is 56.2 Å². The summed E-state index contributed by atoms with van der Waals surface area (Å²) < 4.78 is 83.0. The summed E-state index contributed by atoms with van der Waals surface area (Å²) in [5, 5.41) is 0.101. The minimum absolute atomic E-state index is 0.0102. The molecule has 0 N–H and O–H groups in total. The lowest BCUT2D eigenvalue weighted by Gasteiger charge is -2.53. The first-order valence-corrected chi connectivity index (χ1v) is 33.9. The smallest absolute Gasteiger partial charge is 0.308 e. The van der Waals surface area contributed by atoms with Gasteiger partial charge in [-0.15, -0.1) is 0 Å². The molecule has 9 aliphatic rings. The molecule has 0 saturated carbocycles. The minimum Gasteiger partial charge on any atom is -0.459 e. The number of esters is 1. The highest BCUT2D eigenvalue weighted by Crippen LogP contribution is 2.48. The molecule has 9 rings (SSSR count). The van der Waals surface area contributed by atoms with Gasteiger partial charge in [0.2, 0.25) is 0 Å². The van der Waals surface area contributed by atoms with Gasteiger partial charge in [0.1, 0.15) is 30.5 Å². The average Bonchev–Trinajstić information content (AvgIpc) is 3.77. The molecule has 9 aliphatic heterocycles. The standard InChI is InChI=1S/C56H94O13Si2/c1-31-25-36-19-21-38-32(2)26-37(60-38)20-22-39-43-29-47-52(65-39)53(58-11)54(67-47)51(66-43)41-18-16-17-35(61-41)27-48(57)68-50-34(4)49-46(63-45(50)28-42(62-36)33(31)3)30-44(69-71(14,15)56(8,9)10)40(64-49)23-24-59-70(12,13)55(5,6)7/h31,34-47,49-54H,2-3,16-30H2,1,4-15H3/t31-,34+,35-,36+,37+,38?,39?,40-,41+,42-,43-,44?,45+,46+,47?,49+,50-,51+,52+,53+,54+/m1/s1. The van der Waals surface area contributed by atoms with Gasteiger partial charge < -0.3 is 56.2 Å². The molecule has 9 heterocycles. The van der Waals surface area contributed by atoms with Crippen molar-refractivity contribution in [1.82, 2.24) is 0 Å². The van der Waals surface area contributed by atoms with E-state index in [0.29, 0.717) is 25.9 Å². The summed E-state index contributed by atoms with van der Waals surface area (Å²) in [6.45, 7) is 37.1. The predicted octanol–water partition coefficient (Wildman–Crippen LogP) is 10.3. The molecular formula is C56H94O13Si2. The lowest BCUT2D eigenvalue weighted by atomic mass is 9.79. The van der Waals surface area contributed by atoms with Crippen molar-refractivity contribution in [1.29, 1.82) is 0 Å². The number of ether oxygens (including phenoxy) is 10. The molecule has 0 radical (unpaired) electrons. The first-order chi connectivity index (χ1) is 33.4. The van der Waals surface area contributed by atoms with Crippen molar-refractivity contribution in [3.8, 4) is 0 Å². The van der Waals surface area contributed by atoms with Gasteiger partial charge in [-0.3, -0.25) is 4.79 Å². The van der Waals surface area contributed by atoms with E-state index in [2.05, 4.69) is 94.7 Å². The molecule has 0 aromatic carbocycles. The van der Waals surface area contributed by atoms with E-state index in [1.54, 1.807) is 7.11 Å². The monoisotopic (exact) mass is 1030 g/mol. The maximum absolute atomic E-state index is 14.6. The Balaban J connectivity index is 0.991. The molecule has 0 spiro atoms. The summed E-state index contributed by atoms with van der Waals surface area (Å²) in [7, 11) is -2.49. The zero-order chi connectivity index (χ0) is 50.9. The third-order valence-corrected chi connectivity index (χ3v) is 28.5. The maximum Gasteiger partial charge on any atom is 0.308 e. The second-order valence-electron chi connectivity index (χ2n) is 26.5. The van der Waals surface area contributed by atoms with E-state index < -0.39 is 28.8 Å². The van der Waals surface area contributed by atoms with Crippen LogP contribution in [-0.2, 0) is 61.0 Å². The molecule has 4 unspecified atom stereocenters. The topological polar surface area (TPSA) is 128 Å². The van der Waals surface area contributed by atoms with Crippen LogP contribution in [0.5, 0.6) is 0 Å². The van der Waals surface area contributed by atoms with E-state index in [-0.39, 0.29) is 138 Å². The highest BCUT2D eigenvalue weighted by molar-refractivity contribution is 6.74. The summed E-state index contributed by atoms with van der Waals surface area (Å²) in [5.41, 5.74) is 2.22. The van der Waals surface area contributed by atoms with E-state index in [0.717, 1.165) is 75.4 Å². The van der Waals surface area contributed by atoms with E-state index in [9.17, 15) is 4.79 Å². The van der Waals surface area contributed by atoms with Crippen LogP contribution in [0.15, 0.2) is 24.3 Å². The first kappa shape index (κ1) is 54.7. The van der Waals surface area contributed by atoms with Crippen molar-refractivity contribution in [2.75, 3.05) is 13.7 Å². The Morgan fingerprint density at radius 1 is 0.592 bits per heavy atom. The molecule has 10 bridgehead atoms. The number of hydrogen-bond donors (Lipinski definition) is 0. The lowest BCUT2D eigenvalue weighted by Crippen LogP contribution is -2.63. The van der Waals surface area contributed by atoms with Gasteiger partial charge in [0, 0.05) is 38.9 Å². The van der Waals surface area contributed by atoms with Crippen LogP contribution in [0.1, 0.15) is 145 Å². The fraction of sp³-hybridized carbons (Fsp3) is 0.911. The van der Waals surface area contributed by atoms with Gasteiger partial charge >= 0.3 is 5.97 Å². The number of carbonyl (C=O) groups is 1. The number of hydrogen-bond acceptors (Lipinski definition) is 13. The van der Waals surface area contributed by atoms with E-state index in [1.807, 2.05) is 0 Å². The van der Waals surface area contributed by atoms with Crippen LogP contribution < -0.4 is 0 Å². The van der Waals surface area contributed by atoms with Crippen LogP contribution in [0.2, 0.25) is 36.3 Å². The van der Waals surface area contributed by atoms with Crippen molar-refractivity contribution in [2.24, 2.45) is 11.8 Å². The fourth-order valence-corrected chi connectivity index (χ4v) is 15.5. The minimum atomic E-state index is -2.23. The van der Waals surface area contributed by atoms with Gasteiger partial charge in [-0.25, -0.2) is 0 Å². The van der Waals surface area contributed by atoms with Gasteiger partial charge in [-0.1, -0.05) is 68.5 Å². The Morgan fingerprint density at radius 3 is 1.99 bits per heavy atom. The van der Waals surface area contributed by atoms with Crippen LogP contribution in [0.4, 0.5) is 0 Å². The number of carbonyl (C=O) groups excluding carboxylic acids is 1. The molecule has 15 heteroatoms. The Kier molecular flexibility index (Phi) is 16.5. The molecule has 0 aliphatic carbocycles. The highest BCUT2D eigenvalue weighted by atomic mass is 28.4. The molecule has 71 heavy (non-hydrogen) atoms. The normalized spacial score (nSPS) is 45.0. The molecule has 21 atom stereocenters. The molecule has 13 nitrogen and oxygen atoms in total. The van der Waals surface area contributed by atoms with Gasteiger partial charge in [0.15, 0.2) is 16.6 Å². The van der Waals surface area contributed by atoms with E-state index in [1.165, 1.54) is 0 Å². The maximum atomic E-state index is 14.6. The van der Waals surface area contributed by atoms with Crippen LogP contribution in [0.25, 0.3) is 0 Å². The lowest BCUT2D eigenvalue weighted by molar-refractivity contribution is -0.272. The predicted molar refractivity (Wildman–Crippen MR) is 276 cm³/mol. The number of fused-ring (bicyclic) bond motifs is 12. The van der Waals surface area contributed by atoms with Gasteiger partial charge in [-0.05, 0) is 118 Å². The molecule has 0 aromatic heterocycles. The average molecular weight is 1030 g/mol. The second kappa shape index (κ2) is 21.4. The van der Waals surface area contributed by atoms with Crippen molar-refractivity contribution in [2.45, 2.75) is 298 Å². The van der Waals surface area contributed by atoms with Gasteiger partial charge in [-0.2, -0.15) is 0 Å². The molecule has 9 fully saturated rings. The highest BCUT2D eigenvalue weighted by Gasteiger charge is 2.60. The van der Waals surface area contributed by atoms with Crippen molar-refractivity contribution in [3.63, 3.8) is 0 Å². The summed E-state index contributed by atoms with van der Waals surface area (Å²) >= 11 is 0. The Hall–Kier alpha value is -1.06. The molecule has 0 amide bonds. The fourth-order valence-electron chi connectivity index (χ4n) is 13.0. The zero-order valence-electron chi connectivity index (χ0n) is 46.0. The third kappa shape index (κ3) is 11.6. The van der Waals surface area contributed by atoms with Crippen molar-refractivity contribution < 1.29 is 61.0 Å². The number of methoxy groups -OCH3 is 1. The van der Waals surface area contributed by atoms with Crippen LogP contribution >= 0.6 is 0 Å². The SMILES string of the molecule is C=C1C[C@@H]2CCC3O[C@H]4C5C[C@H]3O[C@H]([C@H](O5)[C@H]4OC)[C@@H]3CCC[C@H](CC(=O)O[C@@H]4[C@@H](C)[C@@H]5O[C@H](CCO[Si](C)(C)C(C)(C)C)C(O[Si](C)(C)C(C)(C)C)C[C@@H]5O[C@H]4C[C@H]4O[C@@H](CCC1O2)C[C@@H](C)C4=C)O3. The Morgan fingerprint density at radius 2 is 1.25 bits per heavy atom. The summed E-state index contributed by atoms with van der Waals surface area (Å²) in [4.78, 5) is 14.6. The molecule has 0 aromatic rings. The van der Waals surface area contributed by atoms with Crippen LogP contribution in [0, 0.1) is 11.8 Å². The second-order valence-corrected chi connectivity index (χ2v) is 36.0. The summed E-state index contributed by atoms with van der Waals surface area (Å²) in [6.07, 6.45) is 6.08. The van der Waals surface area contributed by atoms with Crippen LogP contribution in [0.3, 0.4) is 0 Å². The Labute approximate surface area is 429 Å². The van der Waals surface area contributed by atoms with E-state index >= 15 is 0 Å². The van der Waals surface area contributed by atoms with Gasteiger partial charge in [0.05, 0.1) is 91.9 Å². The third-order valence-electron chi connectivity index (χ3n) is 19.4. The molecular weight excluding hydrogens is 937 g/mol. The molecule has 404 valence electrons. The first-order valence-electron chi connectivity index (χ1n) is 28.0. The molecule has 9 saturated heterocycles. The quantitative estimate of drug-likeness (QED) is 0.136. The number of rotatable bonds is 7. The van der Waals surface area contributed by atoms with Crippen molar-refractivity contribution >= 4 is 22.6 Å². The van der Waals surface area contributed by atoms with Crippen LogP contribution in [-0.4, -0.2) is 152 Å².